The predicted molar refractivity (Wildman–Crippen MR) is 91.1 cm³/mol. The molecule has 7 heteroatoms. The standard InChI is InChI=1S/C16H21N3O3S/c1-12(14-5-4-10-23-14)19(2)16(20)18-13-6-7-15(17-11-13)22-9-8-21-3/h4-7,10-12H,8-9H2,1-3H3,(H,18,20)/t12-/m1/s1. The number of pyridine rings is 1. The molecule has 0 radical (unpaired) electrons. The normalized spacial score (nSPS) is 11.8. The van der Waals surface area contributed by atoms with Gasteiger partial charge in [-0.3, -0.25) is 0 Å². The molecule has 0 unspecified atom stereocenters. The quantitative estimate of drug-likeness (QED) is 0.788. The van der Waals surface area contributed by atoms with Crippen molar-refractivity contribution in [2.24, 2.45) is 0 Å². The Kier molecular flexibility index (Phi) is 6.37. The average molecular weight is 335 g/mol. The van der Waals surface area contributed by atoms with Gasteiger partial charge in [0, 0.05) is 25.1 Å². The van der Waals surface area contributed by atoms with Crippen molar-refractivity contribution < 1.29 is 14.3 Å². The minimum atomic E-state index is -0.180. The maximum absolute atomic E-state index is 12.3. The Hall–Kier alpha value is -2.12. The molecular formula is C16H21N3O3S. The third kappa shape index (κ3) is 4.94. The molecule has 0 aliphatic heterocycles. The van der Waals surface area contributed by atoms with Crippen LogP contribution in [0.1, 0.15) is 17.8 Å². The first kappa shape index (κ1) is 17.2. The Labute approximate surface area is 140 Å². The lowest BCUT2D eigenvalue weighted by Crippen LogP contribution is -2.33. The Bertz CT molecular complexity index is 602. The SMILES string of the molecule is COCCOc1ccc(NC(=O)N(C)[C@H](C)c2cccs2)cn1. The van der Waals surface area contributed by atoms with Gasteiger partial charge in [0.2, 0.25) is 5.88 Å². The molecule has 2 aromatic heterocycles. The van der Waals surface area contributed by atoms with Gasteiger partial charge in [-0.1, -0.05) is 6.07 Å². The fraction of sp³-hybridized carbons (Fsp3) is 0.375. The van der Waals surface area contributed by atoms with Gasteiger partial charge in [-0.2, -0.15) is 0 Å². The van der Waals surface area contributed by atoms with Gasteiger partial charge in [0.25, 0.3) is 0 Å². The van der Waals surface area contributed by atoms with Crippen LogP contribution in [0.15, 0.2) is 35.8 Å². The van der Waals surface area contributed by atoms with Crippen LogP contribution in [0.5, 0.6) is 5.88 Å². The summed E-state index contributed by atoms with van der Waals surface area (Å²) in [6, 6.07) is 7.31. The number of hydrogen-bond donors (Lipinski definition) is 1. The van der Waals surface area contributed by atoms with Crippen LogP contribution in [-0.4, -0.2) is 43.3 Å². The number of rotatable bonds is 7. The molecule has 0 spiro atoms. The van der Waals surface area contributed by atoms with Crippen molar-refractivity contribution in [3.05, 3.63) is 40.7 Å². The summed E-state index contributed by atoms with van der Waals surface area (Å²) in [7, 11) is 3.39. The van der Waals surface area contributed by atoms with Crippen molar-refractivity contribution in [2.75, 3.05) is 32.7 Å². The maximum atomic E-state index is 12.3. The molecule has 124 valence electrons. The number of nitrogens with one attached hydrogen (secondary N) is 1. The number of anilines is 1. The topological polar surface area (TPSA) is 63.7 Å². The molecule has 0 bridgehead atoms. The van der Waals surface area contributed by atoms with E-state index in [0.29, 0.717) is 24.8 Å². The van der Waals surface area contributed by atoms with Gasteiger partial charge < -0.3 is 19.7 Å². The van der Waals surface area contributed by atoms with Crippen molar-refractivity contribution in [3.63, 3.8) is 0 Å². The minimum absolute atomic E-state index is 0.0135. The predicted octanol–water partition coefficient (Wildman–Crippen LogP) is 3.39. The summed E-state index contributed by atoms with van der Waals surface area (Å²) in [5, 5.41) is 4.83. The number of thiophene rings is 1. The van der Waals surface area contributed by atoms with Gasteiger partial charge in [-0.25, -0.2) is 9.78 Å². The monoisotopic (exact) mass is 335 g/mol. The van der Waals surface area contributed by atoms with Crippen LogP contribution < -0.4 is 10.1 Å². The zero-order valence-electron chi connectivity index (χ0n) is 13.5. The average Bonchev–Trinajstić information content (AvgIpc) is 3.09. The maximum Gasteiger partial charge on any atom is 0.322 e. The van der Waals surface area contributed by atoms with Gasteiger partial charge in [0.1, 0.15) is 6.61 Å². The summed E-state index contributed by atoms with van der Waals surface area (Å²) in [5.74, 6) is 0.500. The van der Waals surface area contributed by atoms with Crippen LogP contribution in [0.4, 0.5) is 10.5 Å². The van der Waals surface area contributed by atoms with E-state index in [4.69, 9.17) is 9.47 Å². The Morgan fingerprint density at radius 3 is 2.83 bits per heavy atom. The van der Waals surface area contributed by atoms with Crippen LogP contribution >= 0.6 is 11.3 Å². The van der Waals surface area contributed by atoms with Gasteiger partial charge in [0.15, 0.2) is 0 Å². The zero-order chi connectivity index (χ0) is 16.7. The van der Waals surface area contributed by atoms with E-state index in [1.807, 2.05) is 24.4 Å². The summed E-state index contributed by atoms with van der Waals surface area (Å²) in [5.41, 5.74) is 0.624. The second-order valence-corrected chi connectivity index (χ2v) is 5.94. The van der Waals surface area contributed by atoms with E-state index < -0.39 is 0 Å². The minimum Gasteiger partial charge on any atom is -0.475 e. The number of carbonyl (C=O) groups excluding carboxylic acids is 1. The number of ether oxygens (including phenoxy) is 2. The molecule has 1 N–H and O–H groups in total. The summed E-state index contributed by atoms with van der Waals surface area (Å²) in [6.07, 6.45) is 1.57. The molecular weight excluding hydrogens is 314 g/mol. The molecule has 0 aromatic carbocycles. The molecule has 0 saturated heterocycles. The van der Waals surface area contributed by atoms with Crippen LogP contribution in [0.3, 0.4) is 0 Å². The van der Waals surface area contributed by atoms with E-state index in [1.165, 1.54) is 0 Å². The summed E-state index contributed by atoms with van der Waals surface area (Å²) < 4.78 is 10.3. The molecule has 23 heavy (non-hydrogen) atoms. The van der Waals surface area contributed by atoms with E-state index in [9.17, 15) is 4.79 Å². The van der Waals surface area contributed by atoms with E-state index in [2.05, 4.69) is 10.3 Å². The van der Waals surface area contributed by atoms with Gasteiger partial charge in [0.05, 0.1) is 24.5 Å². The highest BCUT2D eigenvalue weighted by Crippen LogP contribution is 2.24. The van der Waals surface area contributed by atoms with Crippen LogP contribution in [0.2, 0.25) is 0 Å². The second-order valence-electron chi connectivity index (χ2n) is 4.96. The van der Waals surface area contributed by atoms with Crippen molar-refractivity contribution in [2.45, 2.75) is 13.0 Å². The van der Waals surface area contributed by atoms with E-state index in [-0.39, 0.29) is 12.1 Å². The molecule has 2 aromatic rings. The highest BCUT2D eigenvalue weighted by molar-refractivity contribution is 7.10. The molecule has 6 nitrogen and oxygen atoms in total. The molecule has 0 aliphatic rings. The van der Waals surface area contributed by atoms with Gasteiger partial charge in [-0.15, -0.1) is 11.3 Å². The van der Waals surface area contributed by atoms with Gasteiger partial charge >= 0.3 is 6.03 Å². The van der Waals surface area contributed by atoms with Crippen LogP contribution in [-0.2, 0) is 4.74 Å². The fourth-order valence-corrected chi connectivity index (χ4v) is 2.70. The summed E-state index contributed by atoms with van der Waals surface area (Å²) >= 11 is 1.63. The lowest BCUT2D eigenvalue weighted by atomic mass is 10.2. The van der Waals surface area contributed by atoms with E-state index in [1.54, 1.807) is 48.7 Å². The molecule has 1 atom stereocenters. The van der Waals surface area contributed by atoms with Gasteiger partial charge in [-0.05, 0) is 24.4 Å². The number of nitrogens with zero attached hydrogens (tertiary/aromatic N) is 2. The molecule has 0 aliphatic carbocycles. The third-order valence-corrected chi connectivity index (χ3v) is 4.42. The molecule has 2 rings (SSSR count). The summed E-state index contributed by atoms with van der Waals surface area (Å²) in [4.78, 5) is 19.2. The Balaban J connectivity index is 1.89. The van der Waals surface area contributed by atoms with Crippen molar-refractivity contribution in [3.8, 4) is 5.88 Å². The summed E-state index contributed by atoms with van der Waals surface area (Å²) in [6.45, 7) is 2.94. The van der Waals surface area contributed by atoms with Crippen molar-refractivity contribution in [1.29, 1.82) is 0 Å². The first-order chi connectivity index (χ1) is 11.1. The largest absolute Gasteiger partial charge is 0.475 e. The number of amides is 2. The number of carbonyl (C=O) groups is 1. The van der Waals surface area contributed by atoms with Crippen molar-refractivity contribution in [1.82, 2.24) is 9.88 Å². The highest BCUT2D eigenvalue weighted by atomic mass is 32.1. The number of urea groups is 1. The Morgan fingerprint density at radius 2 is 2.22 bits per heavy atom. The first-order valence-corrected chi connectivity index (χ1v) is 8.14. The van der Waals surface area contributed by atoms with E-state index >= 15 is 0 Å². The number of hydrogen-bond acceptors (Lipinski definition) is 5. The number of methoxy groups -OCH3 is 1. The fourth-order valence-electron chi connectivity index (χ4n) is 1.88. The van der Waals surface area contributed by atoms with Crippen LogP contribution in [0.25, 0.3) is 0 Å². The van der Waals surface area contributed by atoms with Crippen molar-refractivity contribution >= 4 is 23.1 Å². The lowest BCUT2D eigenvalue weighted by molar-refractivity contribution is 0.144. The number of aromatic nitrogens is 1. The molecule has 2 heterocycles. The molecule has 0 saturated carbocycles. The second kappa shape index (κ2) is 8.50. The highest BCUT2D eigenvalue weighted by Gasteiger charge is 2.18. The van der Waals surface area contributed by atoms with E-state index in [0.717, 1.165) is 4.88 Å². The van der Waals surface area contributed by atoms with Crippen LogP contribution in [0, 0.1) is 0 Å². The lowest BCUT2D eigenvalue weighted by Gasteiger charge is -2.24. The first-order valence-electron chi connectivity index (χ1n) is 7.27. The zero-order valence-corrected chi connectivity index (χ0v) is 14.3. The molecule has 2 amide bonds. The smallest absolute Gasteiger partial charge is 0.322 e. The Morgan fingerprint density at radius 1 is 1.39 bits per heavy atom. The molecule has 0 fully saturated rings. The third-order valence-electron chi connectivity index (χ3n) is 3.38.